The van der Waals surface area contributed by atoms with E-state index in [1.165, 1.54) is 28.9 Å². The highest BCUT2D eigenvalue weighted by molar-refractivity contribution is 6.03. The lowest BCUT2D eigenvalue weighted by molar-refractivity contribution is 0.289. The van der Waals surface area contributed by atoms with Crippen LogP contribution in [0.3, 0.4) is 0 Å². The van der Waals surface area contributed by atoms with Crippen LogP contribution < -0.4 is 10.2 Å². The summed E-state index contributed by atoms with van der Waals surface area (Å²) in [6, 6.07) is 6.30. The van der Waals surface area contributed by atoms with Gasteiger partial charge in [0.15, 0.2) is 11.6 Å². The van der Waals surface area contributed by atoms with E-state index in [2.05, 4.69) is 26.2 Å². The van der Waals surface area contributed by atoms with Crippen LogP contribution in [0.2, 0.25) is 0 Å². The molecule has 0 aliphatic carbocycles. The van der Waals surface area contributed by atoms with Gasteiger partial charge in [-0.1, -0.05) is 12.0 Å². The third-order valence-electron chi connectivity index (χ3n) is 6.87. The Morgan fingerprint density at radius 1 is 1.24 bits per heavy atom. The van der Waals surface area contributed by atoms with Crippen molar-refractivity contribution in [2.24, 2.45) is 7.05 Å². The molecule has 0 spiro atoms. The van der Waals surface area contributed by atoms with Crippen molar-refractivity contribution in [1.29, 1.82) is 0 Å². The topological polar surface area (TPSA) is 66.2 Å². The van der Waals surface area contributed by atoms with Crippen LogP contribution >= 0.6 is 0 Å². The van der Waals surface area contributed by atoms with Crippen molar-refractivity contribution in [1.82, 2.24) is 20.1 Å². The fraction of sp³-hybridized carbons (Fsp3) is 0.280. The standard InChI is InChI=1S/C25H21F2N5O/c1-3-17-20(26)7-4-13-8-16(33)9-18(21(13)17)23-22(27)24-19(11-29-23)25(30-31(24)2)32-12-14-5-6-15(32)10-28-14/h1,4,7-9,11,14-15,28,33H,5-6,10,12H2,2H3/t14-,15-/m0/s1. The van der Waals surface area contributed by atoms with Crippen LogP contribution in [-0.4, -0.2) is 45.0 Å². The first-order chi connectivity index (χ1) is 16.0. The first-order valence-corrected chi connectivity index (χ1v) is 10.9. The number of aromatic nitrogens is 3. The van der Waals surface area contributed by atoms with Crippen molar-refractivity contribution < 1.29 is 13.9 Å². The zero-order valence-corrected chi connectivity index (χ0v) is 17.9. The van der Waals surface area contributed by atoms with E-state index in [1.54, 1.807) is 13.2 Å². The van der Waals surface area contributed by atoms with E-state index in [0.717, 1.165) is 31.7 Å². The van der Waals surface area contributed by atoms with Crippen LogP contribution in [0.15, 0.2) is 30.5 Å². The van der Waals surface area contributed by atoms with E-state index >= 15 is 4.39 Å². The van der Waals surface area contributed by atoms with E-state index in [-0.39, 0.29) is 22.6 Å². The van der Waals surface area contributed by atoms with Crippen molar-refractivity contribution in [3.8, 4) is 29.4 Å². The molecule has 3 saturated heterocycles. The molecular weight excluding hydrogens is 424 g/mol. The Bertz CT molecular complexity index is 1480. The van der Waals surface area contributed by atoms with Gasteiger partial charge < -0.3 is 15.3 Å². The fourth-order valence-corrected chi connectivity index (χ4v) is 5.32. The molecule has 2 N–H and O–H groups in total. The molecule has 0 amide bonds. The predicted molar refractivity (Wildman–Crippen MR) is 123 cm³/mol. The van der Waals surface area contributed by atoms with Gasteiger partial charge in [0.1, 0.15) is 22.8 Å². The summed E-state index contributed by atoms with van der Waals surface area (Å²) in [5, 5.41) is 19.9. The van der Waals surface area contributed by atoms with E-state index in [9.17, 15) is 9.50 Å². The highest BCUT2D eigenvalue weighted by Crippen LogP contribution is 2.39. The Kier molecular flexibility index (Phi) is 4.32. The number of fused-ring (bicyclic) bond motifs is 5. The molecule has 3 aliphatic rings. The third-order valence-corrected chi connectivity index (χ3v) is 6.87. The number of terminal acetylenes is 1. The minimum absolute atomic E-state index is 0.00586. The summed E-state index contributed by atoms with van der Waals surface area (Å²) in [6.45, 7) is 1.70. The molecule has 0 radical (unpaired) electrons. The Hall–Kier alpha value is -3.70. The molecule has 33 heavy (non-hydrogen) atoms. The van der Waals surface area contributed by atoms with Gasteiger partial charge in [0.2, 0.25) is 0 Å². The first kappa shape index (κ1) is 19.9. The van der Waals surface area contributed by atoms with E-state index in [0.29, 0.717) is 33.8 Å². The number of piperidine rings is 2. The smallest absolute Gasteiger partial charge is 0.175 e. The minimum atomic E-state index is -0.590. The molecule has 2 aromatic carbocycles. The number of phenols is 1. The molecule has 3 aliphatic heterocycles. The van der Waals surface area contributed by atoms with Gasteiger partial charge in [-0.15, -0.1) is 6.42 Å². The van der Waals surface area contributed by atoms with Crippen molar-refractivity contribution in [3.63, 3.8) is 0 Å². The van der Waals surface area contributed by atoms with Crippen LogP contribution in [0, 0.1) is 24.0 Å². The molecule has 166 valence electrons. The van der Waals surface area contributed by atoms with E-state index in [4.69, 9.17) is 6.42 Å². The van der Waals surface area contributed by atoms with Gasteiger partial charge in [0.05, 0.1) is 10.9 Å². The number of aryl methyl sites for hydroxylation is 1. The van der Waals surface area contributed by atoms with Crippen LogP contribution in [0.4, 0.5) is 14.6 Å². The normalized spacial score (nSPS) is 20.0. The molecule has 0 unspecified atom stereocenters. The Balaban J connectivity index is 1.58. The van der Waals surface area contributed by atoms with Crippen LogP contribution in [0.5, 0.6) is 5.75 Å². The number of anilines is 1. The van der Waals surface area contributed by atoms with E-state index < -0.39 is 11.6 Å². The molecule has 3 fully saturated rings. The number of nitrogens with zero attached hydrogens (tertiary/aromatic N) is 4. The second-order valence-corrected chi connectivity index (χ2v) is 8.78. The lowest BCUT2D eigenvalue weighted by Crippen LogP contribution is -2.61. The fourth-order valence-electron chi connectivity index (χ4n) is 5.32. The summed E-state index contributed by atoms with van der Waals surface area (Å²) in [5.41, 5.74) is 0.536. The van der Waals surface area contributed by atoms with Gasteiger partial charge in [-0.2, -0.15) is 5.10 Å². The number of hydrogen-bond acceptors (Lipinski definition) is 5. The highest BCUT2D eigenvalue weighted by atomic mass is 19.1. The average Bonchev–Trinajstić information content (AvgIpc) is 3.17. The molecule has 5 heterocycles. The second-order valence-electron chi connectivity index (χ2n) is 8.78. The molecule has 8 heteroatoms. The highest BCUT2D eigenvalue weighted by Gasteiger charge is 2.36. The van der Waals surface area contributed by atoms with Crippen molar-refractivity contribution >= 4 is 27.5 Å². The second kappa shape index (κ2) is 7.15. The lowest BCUT2D eigenvalue weighted by atomic mass is 9.93. The quantitative estimate of drug-likeness (QED) is 0.461. The number of aromatic hydroxyl groups is 1. The first-order valence-electron chi connectivity index (χ1n) is 10.9. The molecule has 7 rings (SSSR count). The maximum Gasteiger partial charge on any atom is 0.175 e. The maximum atomic E-state index is 16.0. The minimum Gasteiger partial charge on any atom is -0.508 e. The van der Waals surface area contributed by atoms with E-state index in [1.807, 2.05) is 0 Å². The number of nitrogens with one attached hydrogen (secondary N) is 1. The summed E-state index contributed by atoms with van der Waals surface area (Å²) >= 11 is 0. The number of rotatable bonds is 2. The van der Waals surface area contributed by atoms with Gasteiger partial charge in [-0.25, -0.2) is 8.78 Å². The van der Waals surface area contributed by atoms with Gasteiger partial charge in [-0.3, -0.25) is 9.67 Å². The zero-order chi connectivity index (χ0) is 22.9. The SMILES string of the molecule is C#Cc1c(F)ccc2cc(O)cc(-c3ncc4c(N5C[C@@H]6CC[C@H]5CN6)nn(C)c4c3F)c12. The number of phenolic OH excluding ortho intramolecular Hbond substituents is 1. The molecule has 2 aromatic heterocycles. The summed E-state index contributed by atoms with van der Waals surface area (Å²) < 4.78 is 32.0. The molecular formula is C25H21F2N5O. The number of benzene rings is 2. The van der Waals surface area contributed by atoms with Crippen molar-refractivity contribution in [2.45, 2.75) is 24.9 Å². The van der Waals surface area contributed by atoms with Crippen LogP contribution in [-0.2, 0) is 7.05 Å². The number of pyridine rings is 1. The summed E-state index contributed by atoms with van der Waals surface area (Å²) in [4.78, 5) is 6.67. The van der Waals surface area contributed by atoms with Gasteiger partial charge in [-0.05, 0) is 36.4 Å². The summed E-state index contributed by atoms with van der Waals surface area (Å²) in [6.07, 6.45) is 9.38. The lowest BCUT2D eigenvalue weighted by Gasteiger charge is -2.46. The van der Waals surface area contributed by atoms with Gasteiger partial charge in [0.25, 0.3) is 0 Å². The summed E-state index contributed by atoms with van der Waals surface area (Å²) in [7, 11) is 1.70. The van der Waals surface area contributed by atoms with Crippen LogP contribution in [0.25, 0.3) is 32.9 Å². The molecule has 4 aromatic rings. The summed E-state index contributed by atoms with van der Waals surface area (Å²) in [5.74, 6) is 1.82. The number of halogens is 2. The Labute approximate surface area is 188 Å². The molecule has 2 atom stereocenters. The number of hydrogen-bond donors (Lipinski definition) is 2. The molecule has 6 nitrogen and oxygen atoms in total. The Morgan fingerprint density at radius 2 is 2.09 bits per heavy atom. The molecule has 2 bridgehead atoms. The van der Waals surface area contributed by atoms with Crippen molar-refractivity contribution in [2.75, 3.05) is 18.0 Å². The zero-order valence-electron chi connectivity index (χ0n) is 17.9. The monoisotopic (exact) mass is 445 g/mol. The van der Waals surface area contributed by atoms with Crippen LogP contribution in [0.1, 0.15) is 18.4 Å². The predicted octanol–water partition coefficient (Wildman–Crippen LogP) is 3.69. The average molecular weight is 445 g/mol. The number of piperazine rings is 1. The van der Waals surface area contributed by atoms with Gasteiger partial charge in [0, 0.05) is 49.4 Å². The van der Waals surface area contributed by atoms with Crippen molar-refractivity contribution in [3.05, 3.63) is 47.7 Å². The third kappa shape index (κ3) is 2.89. The Morgan fingerprint density at radius 3 is 2.79 bits per heavy atom. The maximum absolute atomic E-state index is 16.0. The largest absolute Gasteiger partial charge is 0.508 e. The molecule has 0 saturated carbocycles. The van der Waals surface area contributed by atoms with Gasteiger partial charge >= 0.3 is 0 Å².